The van der Waals surface area contributed by atoms with E-state index in [-0.39, 0.29) is 10.8 Å². The zero-order valence-corrected chi connectivity index (χ0v) is 17.3. The summed E-state index contributed by atoms with van der Waals surface area (Å²) in [7, 11) is -3.71. The Labute approximate surface area is 174 Å². The maximum absolute atomic E-state index is 12.9. The largest absolute Gasteiger partial charge is 0.301 e. The number of carbonyl (C=O) groups excluding carboxylic acids is 1. The van der Waals surface area contributed by atoms with Gasteiger partial charge in [0.1, 0.15) is 6.04 Å². The van der Waals surface area contributed by atoms with Crippen LogP contribution in [0.5, 0.6) is 0 Å². The first-order valence-corrected chi connectivity index (χ1v) is 11.7. The van der Waals surface area contributed by atoms with Gasteiger partial charge in [0, 0.05) is 24.0 Å². The van der Waals surface area contributed by atoms with Gasteiger partial charge in [0.2, 0.25) is 15.9 Å². The van der Waals surface area contributed by atoms with Crippen LogP contribution in [0.25, 0.3) is 0 Å². The zero-order valence-electron chi connectivity index (χ0n) is 15.7. The van der Waals surface area contributed by atoms with Gasteiger partial charge in [-0.25, -0.2) is 13.4 Å². The molecular weight excluding hydrogens is 406 g/mol. The number of thiazole rings is 1. The van der Waals surface area contributed by atoms with E-state index in [1.807, 2.05) is 30.3 Å². The fourth-order valence-corrected chi connectivity index (χ4v) is 5.98. The Morgan fingerprint density at radius 2 is 1.79 bits per heavy atom. The number of carbonyl (C=O) groups is 1. The number of nitrogens with zero attached hydrogens (tertiary/aromatic N) is 2. The predicted octanol–water partition coefficient (Wildman–Crippen LogP) is 3.53. The molecule has 1 amide bonds. The fourth-order valence-electron chi connectivity index (χ4n) is 3.45. The summed E-state index contributed by atoms with van der Waals surface area (Å²) >= 11 is 1.41. The highest BCUT2D eigenvalue weighted by Crippen LogP contribution is 2.28. The normalized spacial score (nSPS) is 17.3. The Kier molecular flexibility index (Phi) is 5.75. The van der Waals surface area contributed by atoms with Gasteiger partial charge < -0.3 is 5.32 Å². The number of benzene rings is 2. The second-order valence-corrected chi connectivity index (χ2v) is 9.88. The van der Waals surface area contributed by atoms with E-state index in [2.05, 4.69) is 10.3 Å². The molecule has 3 aromatic rings. The molecule has 6 nitrogen and oxygen atoms in total. The Balaban J connectivity index is 1.46. The number of aromatic nitrogens is 1. The molecule has 1 aliphatic heterocycles. The Morgan fingerprint density at radius 3 is 2.52 bits per heavy atom. The quantitative estimate of drug-likeness (QED) is 0.653. The second kappa shape index (κ2) is 8.44. The molecule has 1 N–H and O–H groups in total. The van der Waals surface area contributed by atoms with Crippen LogP contribution in [0.4, 0.5) is 5.13 Å². The molecule has 1 aromatic heterocycles. The van der Waals surface area contributed by atoms with Gasteiger partial charge in [-0.15, -0.1) is 11.3 Å². The molecule has 0 bridgehead atoms. The maximum Gasteiger partial charge on any atom is 0.244 e. The van der Waals surface area contributed by atoms with E-state index in [1.165, 1.54) is 21.2 Å². The molecule has 1 unspecified atom stereocenters. The molecule has 1 saturated heterocycles. The smallest absolute Gasteiger partial charge is 0.244 e. The summed E-state index contributed by atoms with van der Waals surface area (Å²) in [5.41, 5.74) is 1.17. The first-order chi connectivity index (χ1) is 14.0. The van der Waals surface area contributed by atoms with Crippen molar-refractivity contribution < 1.29 is 13.2 Å². The third kappa shape index (κ3) is 4.39. The maximum atomic E-state index is 12.9. The van der Waals surface area contributed by atoms with Crippen LogP contribution in [0, 0.1) is 0 Å². The molecular formula is C21H21N3O3S2. The number of nitrogens with one attached hydrogen (secondary N) is 1. The van der Waals surface area contributed by atoms with E-state index < -0.39 is 16.1 Å². The van der Waals surface area contributed by atoms with Gasteiger partial charge >= 0.3 is 0 Å². The van der Waals surface area contributed by atoms with Gasteiger partial charge in [-0.1, -0.05) is 48.5 Å². The SMILES string of the molecule is O=C(Nc1ncc(Cc2ccccc2)s1)C1CCCN1S(=O)(=O)c1ccccc1. The lowest BCUT2D eigenvalue weighted by Crippen LogP contribution is -2.43. The predicted molar refractivity (Wildman–Crippen MR) is 113 cm³/mol. The van der Waals surface area contributed by atoms with E-state index in [1.54, 1.807) is 36.5 Å². The first-order valence-electron chi connectivity index (χ1n) is 9.40. The number of hydrogen-bond donors (Lipinski definition) is 1. The van der Waals surface area contributed by atoms with Crippen LogP contribution in [0.1, 0.15) is 23.3 Å². The number of rotatable bonds is 6. The van der Waals surface area contributed by atoms with E-state index >= 15 is 0 Å². The molecule has 0 spiro atoms. The minimum Gasteiger partial charge on any atom is -0.301 e. The van der Waals surface area contributed by atoms with Crippen molar-refractivity contribution in [1.82, 2.24) is 9.29 Å². The molecule has 2 heterocycles. The summed E-state index contributed by atoms with van der Waals surface area (Å²) in [6.07, 6.45) is 3.65. The molecule has 0 aliphatic carbocycles. The van der Waals surface area contributed by atoms with Crippen molar-refractivity contribution in [3.63, 3.8) is 0 Å². The average Bonchev–Trinajstić information content (AvgIpc) is 3.39. The van der Waals surface area contributed by atoms with Crippen molar-refractivity contribution in [2.24, 2.45) is 0 Å². The molecule has 2 aromatic carbocycles. The monoisotopic (exact) mass is 427 g/mol. The second-order valence-electron chi connectivity index (χ2n) is 6.87. The molecule has 4 rings (SSSR count). The van der Waals surface area contributed by atoms with Gasteiger partial charge in [0.05, 0.1) is 4.90 Å². The first kappa shape index (κ1) is 19.8. The van der Waals surface area contributed by atoms with Crippen LogP contribution in [0.2, 0.25) is 0 Å². The summed E-state index contributed by atoms with van der Waals surface area (Å²) in [6.45, 7) is 0.340. The highest BCUT2D eigenvalue weighted by Gasteiger charge is 2.39. The topological polar surface area (TPSA) is 79.4 Å². The number of sulfonamides is 1. The van der Waals surface area contributed by atoms with E-state index in [9.17, 15) is 13.2 Å². The van der Waals surface area contributed by atoms with Crippen molar-refractivity contribution in [2.45, 2.75) is 30.2 Å². The van der Waals surface area contributed by atoms with Gasteiger partial charge in [-0.05, 0) is 30.5 Å². The van der Waals surface area contributed by atoms with Gasteiger partial charge in [0.25, 0.3) is 0 Å². The minimum atomic E-state index is -3.71. The van der Waals surface area contributed by atoms with Crippen LogP contribution in [-0.4, -0.2) is 36.2 Å². The third-order valence-electron chi connectivity index (χ3n) is 4.86. The molecule has 0 radical (unpaired) electrons. The van der Waals surface area contributed by atoms with Gasteiger partial charge in [0.15, 0.2) is 5.13 Å². The van der Waals surface area contributed by atoms with E-state index in [0.717, 1.165) is 11.3 Å². The third-order valence-corrected chi connectivity index (χ3v) is 7.70. The molecule has 1 atom stereocenters. The molecule has 150 valence electrons. The van der Waals surface area contributed by atoms with Crippen LogP contribution in [-0.2, 0) is 21.2 Å². The fraction of sp³-hybridized carbons (Fsp3) is 0.238. The molecule has 0 saturated carbocycles. The molecule has 1 fully saturated rings. The lowest BCUT2D eigenvalue weighted by atomic mass is 10.1. The van der Waals surface area contributed by atoms with E-state index in [4.69, 9.17) is 0 Å². The van der Waals surface area contributed by atoms with Crippen LogP contribution >= 0.6 is 11.3 Å². The summed E-state index contributed by atoms with van der Waals surface area (Å²) < 4.78 is 27.2. The molecule has 1 aliphatic rings. The summed E-state index contributed by atoms with van der Waals surface area (Å²) in [5.74, 6) is -0.331. The number of amides is 1. The highest BCUT2D eigenvalue weighted by atomic mass is 32.2. The standard InChI is InChI=1S/C21H21N3O3S2/c25-20(23-21-22-15-17(28-21)14-16-8-3-1-4-9-16)19-12-7-13-24(19)29(26,27)18-10-5-2-6-11-18/h1-6,8-11,15,19H,7,12-14H2,(H,22,23,25). The van der Waals surface area contributed by atoms with Gasteiger partial charge in [-0.3, -0.25) is 4.79 Å². The highest BCUT2D eigenvalue weighted by molar-refractivity contribution is 7.89. The van der Waals surface area contributed by atoms with Crippen molar-refractivity contribution >= 4 is 32.4 Å². The van der Waals surface area contributed by atoms with Crippen LogP contribution in [0.15, 0.2) is 71.8 Å². The summed E-state index contributed by atoms with van der Waals surface area (Å²) in [4.78, 5) is 18.3. The summed E-state index contributed by atoms with van der Waals surface area (Å²) in [5, 5.41) is 3.30. The molecule has 8 heteroatoms. The minimum absolute atomic E-state index is 0.207. The number of anilines is 1. The zero-order chi connectivity index (χ0) is 20.3. The van der Waals surface area contributed by atoms with Crippen molar-refractivity contribution in [2.75, 3.05) is 11.9 Å². The van der Waals surface area contributed by atoms with Gasteiger partial charge in [-0.2, -0.15) is 4.31 Å². The van der Waals surface area contributed by atoms with Crippen LogP contribution in [0.3, 0.4) is 0 Å². The van der Waals surface area contributed by atoms with Crippen LogP contribution < -0.4 is 5.32 Å². The van der Waals surface area contributed by atoms with E-state index in [0.29, 0.717) is 24.5 Å². The number of hydrogen-bond acceptors (Lipinski definition) is 5. The van der Waals surface area contributed by atoms with Crippen molar-refractivity contribution in [3.8, 4) is 0 Å². The molecule has 29 heavy (non-hydrogen) atoms. The summed E-state index contributed by atoms with van der Waals surface area (Å²) in [6, 6.07) is 17.6. The van der Waals surface area contributed by atoms with Crippen molar-refractivity contribution in [1.29, 1.82) is 0 Å². The lowest BCUT2D eigenvalue weighted by Gasteiger charge is -2.23. The Bertz CT molecular complexity index is 1080. The average molecular weight is 428 g/mol. The van der Waals surface area contributed by atoms with Crippen molar-refractivity contribution in [3.05, 3.63) is 77.3 Å². The Hall–Kier alpha value is -2.55. The lowest BCUT2D eigenvalue weighted by molar-refractivity contribution is -0.119. The Morgan fingerprint density at radius 1 is 1.10 bits per heavy atom.